The van der Waals surface area contributed by atoms with E-state index in [9.17, 15) is 12.8 Å². The van der Waals surface area contributed by atoms with Crippen molar-refractivity contribution in [2.24, 2.45) is 5.92 Å². The van der Waals surface area contributed by atoms with Crippen molar-refractivity contribution in [3.8, 4) is 0 Å². The highest BCUT2D eigenvalue weighted by Gasteiger charge is 2.13. The van der Waals surface area contributed by atoms with Crippen LogP contribution in [0.3, 0.4) is 0 Å². The Bertz CT molecular complexity index is 462. The molecule has 0 aliphatic rings. The Kier molecular flexibility index (Phi) is 5.36. The van der Waals surface area contributed by atoms with Crippen molar-refractivity contribution >= 4 is 19.7 Å². The van der Waals surface area contributed by atoms with Crippen LogP contribution in [-0.2, 0) is 20.4 Å². The summed E-state index contributed by atoms with van der Waals surface area (Å²) in [4.78, 5) is 0. The first-order valence-electron chi connectivity index (χ1n) is 5.12. The lowest BCUT2D eigenvalue weighted by Gasteiger charge is -2.10. The summed E-state index contributed by atoms with van der Waals surface area (Å²) in [6.07, 6.45) is 0. The predicted molar refractivity (Wildman–Crippen MR) is 64.9 cm³/mol. The van der Waals surface area contributed by atoms with E-state index in [1.807, 2.05) is 0 Å². The molecule has 0 amide bonds. The minimum atomic E-state index is -3.51. The molecule has 6 heteroatoms. The Morgan fingerprint density at radius 2 is 2.06 bits per heavy atom. The third-order valence-electron chi connectivity index (χ3n) is 2.10. The lowest BCUT2D eigenvalue weighted by atomic mass is 10.2. The minimum Gasteiger partial charge on any atom is -0.376 e. The second kappa shape index (κ2) is 6.33. The van der Waals surface area contributed by atoms with Crippen molar-refractivity contribution in [2.75, 3.05) is 12.4 Å². The van der Waals surface area contributed by atoms with Gasteiger partial charge in [-0.1, -0.05) is 25.1 Å². The van der Waals surface area contributed by atoms with E-state index in [1.165, 1.54) is 6.07 Å². The molecule has 0 aliphatic heterocycles. The summed E-state index contributed by atoms with van der Waals surface area (Å²) in [5.41, 5.74) is 0.452. The maximum atomic E-state index is 13.2. The van der Waals surface area contributed by atoms with E-state index in [0.717, 1.165) is 0 Å². The quantitative estimate of drug-likeness (QED) is 0.752. The zero-order chi connectivity index (χ0) is 12.9. The van der Waals surface area contributed by atoms with E-state index < -0.39 is 9.05 Å². The molecular weight excluding hydrogens is 267 g/mol. The van der Waals surface area contributed by atoms with E-state index in [0.29, 0.717) is 5.56 Å². The van der Waals surface area contributed by atoms with Crippen LogP contribution in [0.15, 0.2) is 24.3 Å². The topological polar surface area (TPSA) is 43.4 Å². The number of benzene rings is 1. The molecule has 1 aromatic rings. The average molecular weight is 281 g/mol. The summed E-state index contributed by atoms with van der Waals surface area (Å²) in [5.74, 6) is -0.694. The molecule has 0 fully saturated rings. The number of ether oxygens (including phenoxy) is 1. The normalized spacial score (nSPS) is 13.6. The molecule has 1 aromatic carbocycles. The zero-order valence-electron chi connectivity index (χ0n) is 9.40. The van der Waals surface area contributed by atoms with Gasteiger partial charge < -0.3 is 4.74 Å². The number of hydrogen-bond donors (Lipinski definition) is 0. The number of rotatable bonds is 6. The number of halogens is 2. The standard InChI is InChI=1S/C11H14ClFO3S/c1-9(8-17(12,14)15)6-16-7-10-4-2-3-5-11(10)13/h2-5,9H,6-8H2,1H3. The van der Waals surface area contributed by atoms with Crippen molar-refractivity contribution < 1.29 is 17.5 Å². The van der Waals surface area contributed by atoms with Gasteiger partial charge in [0.25, 0.3) is 0 Å². The maximum Gasteiger partial charge on any atom is 0.232 e. The molecule has 1 unspecified atom stereocenters. The summed E-state index contributed by atoms with van der Waals surface area (Å²) >= 11 is 0. The molecule has 3 nitrogen and oxygen atoms in total. The van der Waals surface area contributed by atoms with E-state index in [1.54, 1.807) is 25.1 Å². The summed E-state index contributed by atoms with van der Waals surface area (Å²) in [6.45, 7) is 2.06. The largest absolute Gasteiger partial charge is 0.376 e. The molecule has 96 valence electrons. The van der Waals surface area contributed by atoms with Gasteiger partial charge in [-0.3, -0.25) is 0 Å². The van der Waals surface area contributed by atoms with E-state index in [2.05, 4.69) is 0 Å². The fraction of sp³-hybridized carbons (Fsp3) is 0.455. The Morgan fingerprint density at radius 1 is 1.41 bits per heavy atom. The maximum absolute atomic E-state index is 13.2. The third-order valence-corrected chi connectivity index (χ3v) is 3.45. The summed E-state index contributed by atoms with van der Waals surface area (Å²) in [5, 5.41) is 0. The monoisotopic (exact) mass is 280 g/mol. The van der Waals surface area contributed by atoms with Crippen LogP contribution in [-0.4, -0.2) is 20.8 Å². The molecule has 0 heterocycles. The Morgan fingerprint density at radius 3 is 2.65 bits per heavy atom. The van der Waals surface area contributed by atoms with Gasteiger partial charge in [-0.15, -0.1) is 0 Å². The molecule has 1 atom stereocenters. The molecule has 17 heavy (non-hydrogen) atoms. The lowest BCUT2D eigenvalue weighted by molar-refractivity contribution is 0.0958. The zero-order valence-corrected chi connectivity index (χ0v) is 11.0. The van der Waals surface area contributed by atoms with Crippen LogP contribution in [0.25, 0.3) is 0 Å². The summed E-state index contributed by atoms with van der Waals surface area (Å²) < 4.78 is 40.0. The predicted octanol–water partition coefficient (Wildman–Crippen LogP) is 2.55. The second-order valence-electron chi connectivity index (χ2n) is 3.92. The highest BCUT2D eigenvalue weighted by atomic mass is 35.7. The van der Waals surface area contributed by atoms with Crippen LogP contribution >= 0.6 is 10.7 Å². The highest BCUT2D eigenvalue weighted by Crippen LogP contribution is 2.10. The van der Waals surface area contributed by atoms with E-state index in [4.69, 9.17) is 15.4 Å². The van der Waals surface area contributed by atoms with Gasteiger partial charge in [0.2, 0.25) is 9.05 Å². The van der Waals surface area contributed by atoms with E-state index >= 15 is 0 Å². The van der Waals surface area contributed by atoms with Gasteiger partial charge in [-0.25, -0.2) is 12.8 Å². The third kappa shape index (κ3) is 6.00. The molecule has 0 aromatic heterocycles. The molecule has 0 N–H and O–H groups in total. The average Bonchev–Trinajstić information content (AvgIpc) is 2.18. The van der Waals surface area contributed by atoms with E-state index in [-0.39, 0.29) is 30.7 Å². The SMILES string of the molecule is CC(COCc1ccccc1F)CS(=O)(=O)Cl. The van der Waals surface area contributed by atoms with Gasteiger partial charge >= 0.3 is 0 Å². The van der Waals surface area contributed by atoms with Crippen molar-refractivity contribution in [2.45, 2.75) is 13.5 Å². The minimum absolute atomic E-state index is 0.124. The lowest BCUT2D eigenvalue weighted by Crippen LogP contribution is -2.14. The second-order valence-corrected chi connectivity index (χ2v) is 6.74. The molecule has 1 rings (SSSR count). The Labute approximate surface area is 105 Å². The molecule has 0 aliphatic carbocycles. The fourth-order valence-corrected chi connectivity index (χ4v) is 2.79. The Balaban J connectivity index is 2.36. The summed E-state index contributed by atoms with van der Waals surface area (Å²) in [7, 11) is 1.60. The van der Waals surface area contributed by atoms with Crippen molar-refractivity contribution in [3.63, 3.8) is 0 Å². The molecular formula is C11H14ClFO3S. The number of hydrogen-bond acceptors (Lipinski definition) is 3. The van der Waals surface area contributed by atoms with Gasteiger partial charge in [0.05, 0.1) is 19.0 Å². The van der Waals surface area contributed by atoms with Crippen LogP contribution in [0.2, 0.25) is 0 Å². The van der Waals surface area contributed by atoms with Crippen LogP contribution in [0.1, 0.15) is 12.5 Å². The molecule has 0 radical (unpaired) electrons. The van der Waals surface area contributed by atoms with Gasteiger partial charge in [-0.05, 0) is 12.0 Å². The molecule has 0 spiro atoms. The smallest absolute Gasteiger partial charge is 0.232 e. The highest BCUT2D eigenvalue weighted by molar-refractivity contribution is 8.13. The first-order chi connectivity index (χ1) is 7.88. The van der Waals surface area contributed by atoms with Crippen LogP contribution < -0.4 is 0 Å². The van der Waals surface area contributed by atoms with Crippen LogP contribution in [0, 0.1) is 11.7 Å². The van der Waals surface area contributed by atoms with Crippen LogP contribution in [0.5, 0.6) is 0 Å². The van der Waals surface area contributed by atoms with Crippen molar-refractivity contribution in [1.82, 2.24) is 0 Å². The molecule has 0 bridgehead atoms. The Hall–Kier alpha value is -0.650. The van der Waals surface area contributed by atoms with Gasteiger partial charge in [0.15, 0.2) is 0 Å². The van der Waals surface area contributed by atoms with Crippen LogP contribution in [0.4, 0.5) is 4.39 Å². The van der Waals surface area contributed by atoms with Crippen molar-refractivity contribution in [1.29, 1.82) is 0 Å². The molecule has 0 saturated heterocycles. The van der Waals surface area contributed by atoms with Gasteiger partial charge in [0, 0.05) is 16.2 Å². The van der Waals surface area contributed by atoms with Gasteiger partial charge in [-0.2, -0.15) is 0 Å². The fourth-order valence-electron chi connectivity index (χ4n) is 1.37. The molecule has 0 saturated carbocycles. The first kappa shape index (κ1) is 14.4. The first-order valence-corrected chi connectivity index (χ1v) is 7.60. The van der Waals surface area contributed by atoms with Crippen molar-refractivity contribution in [3.05, 3.63) is 35.6 Å². The van der Waals surface area contributed by atoms with Gasteiger partial charge in [0.1, 0.15) is 5.82 Å². The summed E-state index contributed by atoms with van der Waals surface area (Å²) in [6, 6.07) is 6.29.